The fraction of sp³-hybridized carbons (Fsp3) is 1.00. The fourth-order valence-corrected chi connectivity index (χ4v) is 4.12. The summed E-state index contributed by atoms with van der Waals surface area (Å²) in [6.45, 7) is 5.70. The van der Waals surface area contributed by atoms with Crippen molar-refractivity contribution in [3.63, 3.8) is 0 Å². The number of hydrogen-bond donors (Lipinski definition) is 1. The van der Waals surface area contributed by atoms with E-state index >= 15 is 0 Å². The Balaban J connectivity index is 2.06. The molecule has 1 aliphatic carbocycles. The number of likely N-dealkylation sites (N-methyl/N-ethyl adjacent to an activating group) is 2. The minimum absolute atomic E-state index is 0.278. The van der Waals surface area contributed by atoms with Crippen LogP contribution in [-0.4, -0.2) is 55.1 Å². The highest BCUT2D eigenvalue weighted by Gasteiger charge is 2.40. The average Bonchev–Trinajstić information content (AvgIpc) is 2.37. The maximum absolute atomic E-state index is 6.19. The summed E-state index contributed by atoms with van der Waals surface area (Å²) in [6.07, 6.45) is 8.01. The molecule has 3 nitrogen and oxygen atoms in total. The maximum Gasteiger partial charge on any atom is 0.0334 e. The van der Waals surface area contributed by atoms with Crippen molar-refractivity contribution in [2.45, 2.75) is 57.0 Å². The predicted octanol–water partition coefficient (Wildman–Crippen LogP) is 1.92. The number of piperidine rings is 1. The van der Waals surface area contributed by atoms with Gasteiger partial charge in [0.25, 0.3) is 0 Å². The van der Waals surface area contributed by atoms with E-state index in [1.165, 1.54) is 51.6 Å². The van der Waals surface area contributed by atoms with Gasteiger partial charge < -0.3 is 10.6 Å². The first-order chi connectivity index (χ1) is 8.57. The minimum atomic E-state index is 0.278. The van der Waals surface area contributed by atoms with E-state index in [-0.39, 0.29) is 5.54 Å². The molecular formula is C15H31N3. The van der Waals surface area contributed by atoms with Crippen LogP contribution >= 0.6 is 0 Å². The molecule has 2 aliphatic rings. The molecule has 0 aromatic carbocycles. The van der Waals surface area contributed by atoms with Gasteiger partial charge in [0.1, 0.15) is 0 Å². The third-order valence-corrected chi connectivity index (χ3v) is 5.34. The number of nitrogens with zero attached hydrogens (tertiary/aromatic N) is 2. The van der Waals surface area contributed by atoms with Crippen LogP contribution in [0.4, 0.5) is 0 Å². The predicted molar refractivity (Wildman–Crippen MR) is 77.7 cm³/mol. The summed E-state index contributed by atoms with van der Waals surface area (Å²) < 4.78 is 0. The van der Waals surface area contributed by atoms with Crippen LogP contribution in [0.2, 0.25) is 0 Å². The lowest BCUT2D eigenvalue weighted by molar-refractivity contribution is 0.00262. The Bertz CT molecular complexity index is 268. The molecule has 1 saturated carbocycles. The SMILES string of the molecule is CC1CCCC(CN)(N(C)C2CCCN(C)C2)C1. The molecule has 0 radical (unpaired) electrons. The lowest BCUT2D eigenvalue weighted by Crippen LogP contribution is -2.60. The zero-order chi connectivity index (χ0) is 13.2. The van der Waals surface area contributed by atoms with Gasteiger partial charge >= 0.3 is 0 Å². The van der Waals surface area contributed by atoms with Gasteiger partial charge in [0, 0.05) is 24.7 Å². The molecule has 3 atom stereocenters. The van der Waals surface area contributed by atoms with Gasteiger partial charge in [0.15, 0.2) is 0 Å². The molecule has 0 spiro atoms. The monoisotopic (exact) mass is 253 g/mol. The highest BCUT2D eigenvalue weighted by molar-refractivity contribution is 4.98. The normalized spacial score (nSPS) is 39.2. The van der Waals surface area contributed by atoms with E-state index < -0.39 is 0 Å². The number of nitrogens with two attached hydrogens (primary N) is 1. The van der Waals surface area contributed by atoms with Gasteiger partial charge in [-0.05, 0) is 52.2 Å². The quantitative estimate of drug-likeness (QED) is 0.834. The van der Waals surface area contributed by atoms with Crippen LogP contribution in [-0.2, 0) is 0 Å². The summed E-state index contributed by atoms with van der Waals surface area (Å²) in [7, 11) is 4.58. The largest absolute Gasteiger partial charge is 0.329 e. The molecule has 2 rings (SSSR count). The van der Waals surface area contributed by atoms with Crippen molar-refractivity contribution in [1.82, 2.24) is 9.80 Å². The topological polar surface area (TPSA) is 32.5 Å². The Kier molecular flexibility index (Phi) is 4.68. The van der Waals surface area contributed by atoms with Crippen LogP contribution in [0.3, 0.4) is 0 Å². The maximum atomic E-state index is 6.19. The standard InChI is InChI=1S/C15H31N3/c1-13-6-4-8-15(10-13,12-16)18(3)14-7-5-9-17(2)11-14/h13-14H,4-12,16H2,1-3H3. The first kappa shape index (κ1) is 14.3. The zero-order valence-electron chi connectivity index (χ0n) is 12.5. The molecule has 2 fully saturated rings. The molecule has 2 N–H and O–H groups in total. The lowest BCUT2D eigenvalue weighted by Gasteiger charge is -2.51. The van der Waals surface area contributed by atoms with E-state index in [2.05, 4.69) is 30.8 Å². The van der Waals surface area contributed by atoms with Crippen LogP contribution in [0.5, 0.6) is 0 Å². The second-order valence-corrected chi connectivity index (χ2v) is 6.80. The van der Waals surface area contributed by atoms with Crippen LogP contribution in [0.1, 0.15) is 45.4 Å². The van der Waals surface area contributed by atoms with Crippen molar-refractivity contribution in [1.29, 1.82) is 0 Å². The summed E-state index contributed by atoms with van der Waals surface area (Å²) in [5.74, 6) is 0.839. The van der Waals surface area contributed by atoms with Crippen LogP contribution < -0.4 is 5.73 Å². The van der Waals surface area contributed by atoms with Gasteiger partial charge in [-0.1, -0.05) is 19.8 Å². The van der Waals surface area contributed by atoms with E-state index in [1.54, 1.807) is 0 Å². The van der Waals surface area contributed by atoms with Crippen molar-refractivity contribution in [2.75, 3.05) is 33.7 Å². The summed E-state index contributed by atoms with van der Waals surface area (Å²) in [5.41, 5.74) is 6.47. The van der Waals surface area contributed by atoms with Gasteiger partial charge in [-0.2, -0.15) is 0 Å². The Morgan fingerprint density at radius 1 is 1.33 bits per heavy atom. The first-order valence-electron chi connectivity index (χ1n) is 7.69. The smallest absolute Gasteiger partial charge is 0.0334 e. The van der Waals surface area contributed by atoms with Crippen molar-refractivity contribution < 1.29 is 0 Å². The van der Waals surface area contributed by atoms with Crippen molar-refractivity contribution in [3.8, 4) is 0 Å². The Hall–Kier alpha value is -0.120. The molecule has 18 heavy (non-hydrogen) atoms. The van der Waals surface area contributed by atoms with E-state index in [9.17, 15) is 0 Å². The molecule has 1 heterocycles. The summed E-state index contributed by atoms with van der Waals surface area (Å²) in [4.78, 5) is 5.12. The zero-order valence-corrected chi connectivity index (χ0v) is 12.5. The summed E-state index contributed by atoms with van der Waals surface area (Å²) in [5, 5.41) is 0. The number of likely N-dealkylation sites (tertiary alicyclic amines) is 1. The van der Waals surface area contributed by atoms with E-state index in [4.69, 9.17) is 5.73 Å². The average molecular weight is 253 g/mol. The molecule has 106 valence electrons. The van der Waals surface area contributed by atoms with Crippen molar-refractivity contribution in [3.05, 3.63) is 0 Å². The number of hydrogen-bond acceptors (Lipinski definition) is 3. The second kappa shape index (κ2) is 5.89. The molecule has 1 saturated heterocycles. The van der Waals surface area contributed by atoms with Gasteiger partial charge in [0.2, 0.25) is 0 Å². The molecule has 0 aromatic heterocycles. The third kappa shape index (κ3) is 2.89. The van der Waals surface area contributed by atoms with Crippen LogP contribution in [0.15, 0.2) is 0 Å². The summed E-state index contributed by atoms with van der Waals surface area (Å²) in [6, 6.07) is 0.706. The molecule has 0 bridgehead atoms. The van der Waals surface area contributed by atoms with E-state index in [0.717, 1.165) is 12.5 Å². The molecule has 0 amide bonds. The third-order valence-electron chi connectivity index (χ3n) is 5.34. The Morgan fingerprint density at radius 3 is 2.72 bits per heavy atom. The van der Waals surface area contributed by atoms with Gasteiger partial charge in [0.05, 0.1) is 0 Å². The lowest BCUT2D eigenvalue weighted by atomic mass is 9.74. The minimum Gasteiger partial charge on any atom is -0.329 e. The van der Waals surface area contributed by atoms with Gasteiger partial charge in [-0.15, -0.1) is 0 Å². The Labute approximate surface area is 113 Å². The highest BCUT2D eigenvalue weighted by Crippen LogP contribution is 2.37. The molecule has 0 aromatic rings. The van der Waals surface area contributed by atoms with E-state index in [1.807, 2.05) is 0 Å². The molecule has 1 aliphatic heterocycles. The molecular weight excluding hydrogens is 222 g/mol. The molecule has 3 heteroatoms. The van der Waals surface area contributed by atoms with Gasteiger partial charge in [-0.25, -0.2) is 0 Å². The van der Waals surface area contributed by atoms with E-state index in [0.29, 0.717) is 6.04 Å². The van der Waals surface area contributed by atoms with Crippen LogP contribution in [0.25, 0.3) is 0 Å². The first-order valence-corrected chi connectivity index (χ1v) is 7.69. The number of rotatable bonds is 3. The highest BCUT2D eigenvalue weighted by atomic mass is 15.3. The van der Waals surface area contributed by atoms with Gasteiger partial charge in [-0.3, -0.25) is 4.90 Å². The fourth-order valence-electron chi connectivity index (χ4n) is 4.12. The van der Waals surface area contributed by atoms with Crippen molar-refractivity contribution >= 4 is 0 Å². The molecule has 3 unspecified atom stereocenters. The Morgan fingerprint density at radius 2 is 2.11 bits per heavy atom. The summed E-state index contributed by atoms with van der Waals surface area (Å²) >= 11 is 0. The second-order valence-electron chi connectivity index (χ2n) is 6.80. The van der Waals surface area contributed by atoms with Crippen LogP contribution in [0, 0.1) is 5.92 Å². The van der Waals surface area contributed by atoms with Crippen molar-refractivity contribution in [2.24, 2.45) is 11.7 Å².